The molecule has 0 spiro atoms. The second kappa shape index (κ2) is 14.0. The number of rotatable bonds is 10. The van der Waals surface area contributed by atoms with E-state index in [1.54, 1.807) is 25.1 Å². The molecule has 4 saturated carbocycles. The molecule has 8 rings (SSSR count). The monoisotopic (exact) mass is 734 g/mol. The highest BCUT2D eigenvalue weighted by Crippen LogP contribution is 2.61. The smallest absolute Gasteiger partial charge is 0.421 e. The minimum atomic E-state index is -4.77. The zero-order chi connectivity index (χ0) is 37.7. The number of hydrogen-bond acceptors (Lipinski definition) is 9. The molecule has 3 atom stereocenters. The Morgan fingerprint density at radius 3 is 2.47 bits per heavy atom. The number of para-hydroxylation sites is 1. The van der Waals surface area contributed by atoms with Gasteiger partial charge in [0.15, 0.2) is 0 Å². The van der Waals surface area contributed by atoms with Crippen LogP contribution in [0.25, 0.3) is 0 Å². The first-order valence-corrected chi connectivity index (χ1v) is 18.1. The van der Waals surface area contributed by atoms with Gasteiger partial charge in [-0.25, -0.2) is 4.98 Å². The highest BCUT2D eigenvalue weighted by molar-refractivity contribution is 6.01. The number of carbonyl (C=O) groups is 3. The first kappa shape index (κ1) is 36.3. The number of aryl methyl sites for hydroxylation is 1. The number of benzene rings is 2. The molecule has 5 fully saturated rings. The molecule has 2 aromatic carbocycles. The molecule has 1 aliphatic heterocycles. The van der Waals surface area contributed by atoms with E-state index >= 15 is 0 Å². The SMILES string of the molecule is CNC(=O)c1cccc(C)c1Nc1nc(Nc2ccc(NC3C4CC5CC3CC(C(=O)N3CC[C@H](NC(C)=O)C3)(C5)C4)cc2OC)ncc1C(F)(F)F. The maximum absolute atomic E-state index is 14.1. The fourth-order valence-electron chi connectivity index (χ4n) is 9.43. The Labute approximate surface area is 306 Å². The summed E-state index contributed by atoms with van der Waals surface area (Å²) in [6.07, 6.45) is 1.47. The van der Waals surface area contributed by atoms with Crippen LogP contribution in [0.3, 0.4) is 0 Å². The molecule has 15 heteroatoms. The summed E-state index contributed by atoms with van der Waals surface area (Å²) >= 11 is 0. The van der Waals surface area contributed by atoms with Crippen LogP contribution in [0.15, 0.2) is 42.6 Å². The molecule has 3 amide bonds. The van der Waals surface area contributed by atoms with Crippen molar-refractivity contribution in [1.29, 1.82) is 0 Å². The molecule has 12 nitrogen and oxygen atoms in total. The number of carbonyl (C=O) groups excluding carboxylic acids is 3. The lowest BCUT2D eigenvalue weighted by molar-refractivity contribution is -0.157. The van der Waals surface area contributed by atoms with Crippen LogP contribution in [0, 0.1) is 30.1 Å². The predicted octanol–water partition coefficient (Wildman–Crippen LogP) is 6.00. The van der Waals surface area contributed by atoms with Crippen LogP contribution < -0.4 is 31.3 Å². The number of aromatic nitrogens is 2. The van der Waals surface area contributed by atoms with Crippen molar-refractivity contribution in [2.24, 2.45) is 23.2 Å². The minimum absolute atomic E-state index is 0.0128. The van der Waals surface area contributed by atoms with Crippen LogP contribution in [0.4, 0.5) is 42.0 Å². The number of hydrogen-bond donors (Lipinski definition) is 5. The van der Waals surface area contributed by atoms with Gasteiger partial charge in [0.2, 0.25) is 17.8 Å². The van der Waals surface area contributed by atoms with E-state index in [0.717, 1.165) is 44.2 Å². The van der Waals surface area contributed by atoms with Crippen molar-refractivity contribution in [1.82, 2.24) is 25.5 Å². The molecule has 5 aliphatic rings. The van der Waals surface area contributed by atoms with E-state index in [0.29, 0.717) is 54.0 Å². The summed E-state index contributed by atoms with van der Waals surface area (Å²) < 4.78 is 48.0. The van der Waals surface area contributed by atoms with Crippen molar-refractivity contribution in [3.8, 4) is 5.75 Å². The summed E-state index contributed by atoms with van der Waals surface area (Å²) in [4.78, 5) is 48.3. The second-order valence-electron chi connectivity index (χ2n) is 15.1. The van der Waals surface area contributed by atoms with E-state index in [2.05, 4.69) is 36.6 Å². The molecule has 1 saturated heterocycles. The van der Waals surface area contributed by atoms with Gasteiger partial charge in [0.1, 0.15) is 17.1 Å². The molecule has 0 radical (unpaired) electrons. The Morgan fingerprint density at radius 1 is 1.04 bits per heavy atom. The normalized spacial score (nSPS) is 25.9. The number of anilines is 5. The molecule has 3 aromatic rings. The van der Waals surface area contributed by atoms with Crippen LogP contribution in [-0.4, -0.2) is 71.9 Å². The van der Waals surface area contributed by atoms with E-state index in [1.807, 2.05) is 17.0 Å². The summed E-state index contributed by atoms with van der Waals surface area (Å²) in [7, 11) is 2.95. The Morgan fingerprint density at radius 2 is 1.79 bits per heavy atom. The van der Waals surface area contributed by atoms with Gasteiger partial charge in [-0.2, -0.15) is 18.2 Å². The van der Waals surface area contributed by atoms with Crippen molar-refractivity contribution >= 4 is 46.5 Å². The van der Waals surface area contributed by atoms with Crippen LogP contribution >= 0.6 is 0 Å². The molecule has 4 bridgehead atoms. The molecule has 53 heavy (non-hydrogen) atoms. The third-order valence-corrected chi connectivity index (χ3v) is 11.5. The van der Waals surface area contributed by atoms with E-state index < -0.39 is 23.5 Å². The Kier molecular flexibility index (Phi) is 9.62. The van der Waals surface area contributed by atoms with Crippen molar-refractivity contribution in [2.75, 3.05) is 43.2 Å². The highest BCUT2D eigenvalue weighted by Gasteiger charge is 2.59. The quantitative estimate of drug-likeness (QED) is 0.169. The third-order valence-electron chi connectivity index (χ3n) is 11.5. The first-order chi connectivity index (χ1) is 25.3. The summed E-state index contributed by atoms with van der Waals surface area (Å²) in [5.41, 5.74) is 0.771. The van der Waals surface area contributed by atoms with Gasteiger partial charge < -0.3 is 36.2 Å². The number of nitrogens with zero attached hydrogens (tertiary/aromatic N) is 3. The fraction of sp³-hybridized carbons (Fsp3) is 0.500. The third kappa shape index (κ3) is 7.17. The molecule has 5 N–H and O–H groups in total. The summed E-state index contributed by atoms with van der Waals surface area (Å²) in [5, 5.41) is 15.0. The lowest BCUT2D eigenvalue weighted by Crippen LogP contribution is -2.60. The highest BCUT2D eigenvalue weighted by atomic mass is 19.4. The summed E-state index contributed by atoms with van der Waals surface area (Å²) in [5.74, 6) is 0.736. The van der Waals surface area contributed by atoms with E-state index in [1.165, 1.54) is 27.1 Å². The van der Waals surface area contributed by atoms with E-state index in [4.69, 9.17) is 4.74 Å². The number of likely N-dealkylation sites (tertiary alicyclic amines) is 1. The summed E-state index contributed by atoms with van der Waals surface area (Å²) in [6, 6.07) is 10.5. The minimum Gasteiger partial charge on any atom is -0.494 e. The lowest BCUT2D eigenvalue weighted by atomic mass is 9.47. The van der Waals surface area contributed by atoms with Gasteiger partial charge in [-0.05, 0) is 87.0 Å². The fourth-order valence-corrected chi connectivity index (χ4v) is 9.43. The maximum atomic E-state index is 14.1. The Hall–Kier alpha value is -5.08. The van der Waals surface area contributed by atoms with Crippen LogP contribution in [0.2, 0.25) is 0 Å². The Bertz CT molecular complexity index is 1910. The zero-order valence-corrected chi connectivity index (χ0v) is 30.2. The van der Waals surface area contributed by atoms with Crippen LogP contribution in [0.1, 0.15) is 66.9 Å². The number of alkyl halides is 3. The second-order valence-corrected chi connectivity index (χ2v) is 15.1. The molecular weight excluding hydrogens is 689 g/mol. The van der Waals surface area contributed by atoms with Crippen molar-refractivity contribution in [3.05, 3.63) is 59.3 Å². The number of nitrogens with one attached hydrogen (secondary N) is 5. The van der Waals surface area contributed by atoms with Crippen molar-refractivity contribution in [2.45, 2.75) is 70.6 Å². The van der Waals surface area contributed by atoms with Gasteiger partial charge in [0, 0.05) is 57.1 Å². The zero-order valence-electron chi connectivity index (χ0n) is 30.2. The van der Waals surface area contributed by atoms with Gasteiger partial charge in [-0.15, -0.1) is 0 Å². The van der Waals surface area contributed by atoms with Gasteiger partial charge in [0.05, 0.1) is 29.5 Å². The first-order valence-electron chi connectivity index (χ1n) is 18.1. The molecule has 2 heterocycles. The number of halogens is 3. The molecular formula is C38H45F3N8O4. The lowest BCUT2D eigenvalue weighted by Gasteiger charge is -2.60. The van der Waals surface area contributed by atoms with Crippen molar-refractivity contribution < 1.29 is 32.3 Å². The summed E-state index contributed by atoms with van der Waals surface area (Å²) in [6.45, 7) is 4.44. The van der Waals surface area contributed by atoms with Gasteiger partial charge >= 0.3 is 6.18 Å². The average molecular weight is 735 g/mol. The Balaban J connectivity index is 1.07. The number of methoxy groups -OCH3 is 1. The van der Waals surface area contributed by atoms with Gasteiger partial charge in [-0.3, -0.25) is 14.4 Å². The predicted molar refractivity (Wildman–Crippen MR) is 193 cm³/mol. The number of amides is 3. The standard InChI is InChI=1S/C38H45F3N8O4/c1-20-6-5-7-27(34(51)42-3)31(20)47-33-28(38(39,40)41)18-43-36(48-33)46-29-9-8-25(14-30(29)53-4)45-32-23-12-22-13-24(32)17-37(15-22,16-23)35(52)49-11-10-26(19-49)44-21(2)50/h5-9,14,18,22-24,26,32,45H,10-13,15-17,19H2,1-4H3,(H,42,51)(H,44,50)(H2,43,46,47,48)/t22?,23?,24?,26-,32?,37?/m0/s1. The number of ether oxygens (including phenoxy) is 1. The van der Waals surface area contributed by atoms with E-state index in [-0.39, 0.29) is 46.5 Å². The molecule has 282 valence electrons. The molecule has 4 aliphatic carbocycles. The van der Waals surface area contributed by atoms with E-state index in [9.17, 15) is 27.6 Å². The van der Waals surface area contributed by atoms with Crippen molar-refractivity contribution in [3.63, 3.8) is 0 Å². The van der Waals surface area contributed by atoms with Gasteiger partial charge in [0.25, 0.3) is 5.91 Å². The topological polar surface area (TPSA) is 150 Å². The van der Waals surface area contributed by atoms with Gasteiger partial charge in [-0.1, -0.05) is 12.1 Å². The molecule has 1 aromatic heterocycles. The average Bonchev–Trinajstić information content (AvgIpc) is 3.57. The van der Waals surface area contributed by atoms with Crippen LogP contribution in [-0.2, 0) is 15.8 Å². The van der Waals surface area contributed by atoms with Crippen LogP contribution in [0.5, 0.6) is 5.75 Å². The maximum Gasteiger partial charge on any atom is 0.421 e. The molecule has 2 unspecified atom stereocenters. The largest absolute Gasteiger partial charge is 0.494 e.